The molecule has 0 fully saturated rings. The second kappa shape index (κ2) is 6.87. The highest BCUT2D eigenvalue weighted by Gasteiger charge is 2.75. The van der Waals surface area contributed by atoms with Crippen LogP contribution in [-0.2, 0) is 4.74 Å². The minimum Gasteiger partial charge on any atom is -0.272 e. The molecule has 1 nitrogen and oxygen atoms in total. The van der Waals surface area contributed by atoms with Gasteiger partial charge in [-0.1, -0.05) is 27.7 Å². The van der Waals surface area contributed by atoms with Crippen molar-refractivity contribution in [2.45, 2.75) is 70.5 Å². The normalized spacial score (nSPS) is 17.5. The van der Waals surface area contributed by atoms with E-state index in [1.807, 2.05) is 0 Å². The van der Waals surface area contributed by atoms with Gasteiger partial charge in [0.05, 0.1) is 0 Å². The van der Waals surface area contributed by atoms with Crippen molar-refractivity contribution < 1.29 is 48.6 Å². The Morgan fingerprint density at radius 3 is 1.46 bits per heavy atom. The predicted octanol–water partition coefficient (Wildman–Crippen LogP) is 6.19. The Morgan fingerprint density at radius 2 is 1.17 bits per heavy atom. The van der Waals surface area contributed by atoms with Crippen LogP contribution in [0.15, 0.2) is 0 Å². The van der Waals surface area contributed by atoms with Gasteiger partial charge in [-0.2, -0.15) is 43.9 Å². The van der Waals surface area contributed by atoms with E-state index in [0.717, 1.165) is 13.8 Å². The molecule has 146 valence electrons. The quantitative estimate of drug-likeness (QED) is 0.457. The maximum absolute atomic E-state index is 14.5. The van der Waals surface area contributed by atoms with Gasteiger partial charge in [0, 0.05) is 12.3 Å². The van der Waals surface area contributed by atoms with Crippen LogP contribution >= 0.6 is 0 Å². The van der Waals surface area contributed by atoms with Crippen LogP contribution in [0.25, 0.3) is 0 Å². The summed E-state index contributed by atoms with van der Waals surface area (Å²) in [5, 5.41) is 0. The van der Waals surface area contributed by atoms with Crippen LogP contribution < -0.4 is 0 Å². The summed E-state index contributed by atoms with van der Waals surface area (Å²) in [5.74, 6) is -19.3. The summed E-state index contributed by atoms with van der Waals surface area (Å²) < 4.78 is 136. The lowest BCUT2D eigenvalue weighted by Crippen LogP contribution is -2.63. The van der Waals surface area contributed by atoms with E-state index in [1.54, 1.807) is 0 Å². The molecule has 1 unspecified atom stereocenters. The maximum atomic E-state index is 14.5. The van der Waals surface area contributed by atoms with E-state index >= 15 is 0 Å². The lowest BCUT2D eigenvalue weighted by Gasteiger charge is -2.42. The zero-order valence-corrected chi connectivity index (χ0v) is 13.3. The van der Waals surface area contributed by atoms with Gasteiger partial charge < -0.3 is 0 Å². The summed E-state index contributed by atoms with van der Waals surface area (Å²) in [7, 11) is 0. The molecule has 0 bridgehead atoms. The zero-order valence-electron chi connectivity index (χ0n) is 13.3. The van der Waals surface area contributed by atoms with Crippen LogP contribution in [0.4, 0.5) is 43.9 Å². The molecule has 0 N–H and O–H groups in total. The van der Waals surface area contributed by atoms with Gasteiger partial charge in [0.15, 0.2) is 0 Å². The SMILES string of the molecule is CC(C)CC(F)(F)C(F)(OC(F)(F)CC(F)(F)F)C(F)(F)C(C)C. The first-order chi connectivity index (χ1) is 10.3. The molecule has 0 radical (unpaired) electrons. The fourth-order valence-electron chi connectivity index (χ4n) is 1.88. The number of hydrogen-bond acceptors (Lipinski definition) is 1. The van der Waals surface area contributed by atoms with Crippen LogP contribution in [0.3, 0.4) is 0 Å². The molecule has 0 aromatic heterocycles. The molecule has 11 heteroatoms. The molecular formula is C13H18F10O. The molecule has 0 heterocycles. The largest absolute Gasteiger partial charge is 0.397 e. The van der Waals surface area contributed by atoms with Crippen LogP contribution in [-0.4, -0.2) is 30.0 Å². The summed E-state index contributed by atoms with van der Waals surface area (Å²) in [6.07, 6.45) is -16.1. The predicted molar refractivity (Wildman–Crippen MR) is 64.7 cm³/mol. The second-order valence-electron chi connectivity index (χ2n) is 6.21. The molecule has 0 aliphatic carbocycles. The summed E-state index contributed by atoms with van der Waals surface area (Å²) in [6.45, 7) is 3.22. The van der Waals surface area contributed by atoms with E-state index in [4.69, 9.17) is 0 Å². The molecule has 0 rings (SSSR count). The van der Waals surface area contributed by atoms with Crippen molar-refractivity contribution in [3.63, 3.8) is 0 Å². The Morgan fingerprint density at radius 1 is 0.750 bits per heavy atom. The molecule has 0 aromatic rings. The summed E-state index contributed by atoms with van der Waals surface area (Å²) >= 11 is 0. The van der Waals surface area contributed by atoms with E-state index in [2.05, 4.69) is 4.74 Å². The standard InChI is InChI=1S/C13H18F10O/c1-7(2)5-9(14,15)13(23,12(21,22)8(3)4)24-11(19,20)6-10(16,17)18/h7-8H,5-6H2,1-4H3. The highest BCUT2D eigenvalue weighted by molar-refractivity contribution is 5.00. The van der Waals surface area contributed by atoms with Crippen molar-refractivity contribution in [2.24, 2.45) is 11.8 Å². The Labute approximate surface area is 132 Å². The van der Waals surface area contributed by atoms with Crippen LogP contribution in [0.1, 0.15) is 40.5 Å². The van der Waals surface area contributed by atoms with E-state index in [1.165, 1.54) is 0 Å². The molecule has 0 spiro atoms. The lowest BCUT2D eigenvalue weighted by atomic mass is 9.89. The van der Waals surface area contributed by atoms with Crippen LogP contribution in [0.5, 0.6) is 0 Å². The van der Waals surface area contributed by atoms with Gasteiger partial charge in [0.1, 0.15) is 6.42 Å². The summed E-state index contributed by atoms with van der Waals surface area (Å²) in [4.78, 5) is 0. The van der Waals surface area contributed by atoms with Crippen molar-refractivity contribution in [3.05, 3.63) is 0 Å². The number of halogens is 10. The van der Waals surface area contributed by atoms with Gasteiger partial charge in [-0.05, 0) is 5.92 Å². The highest BCUT2D eigenvalue weighted by atomic mass is 19.4. The van der Waals surface area contributed by atoms with Gasteiger partial charge in [-0.15, -0.1) is 0 Å². The van der Waals surface area contributed by atoms with Crippen LogP contribution in [0.2, 0.25) is 0 Å². The average molecular weight is 380 g/mol. The van der Waals surface area contributed by atoms with E-state index < -0.39 is 54.7 Å². The van der Waals surface area contributed by atoms with E-state index in [0.29, 0.717) is 13.8 Å². The van der Waals surface area contributed by atoms with Crippen molar-refractivity contribution >= 4 is 0 Å². The maximum Gasteiger partial charge on any atom is 0.397 e. The van der Waals surface area contributed by atoms with Gasteiger partial charge in [-0.3, -0.25) is 4.74 Å². The molecule has 0 aliphatic rings. The number of alkyl halides is 10. The topological polar surface area (TPSA) is 9.23 Å². The smallest absolute Gasteiger partial charge is 0.272 e. The first-order valence-electron chi connectivity index (χ1n) is 6.87. The van der Waals surface area contributed by atoms with Gasteiger partial charge in [0.25, 0.3) is 0 Å². The first-order valence-corrected chi connectivity index (χ1v) is 6.87. The summed E-state index contributed by atoms with van der Waals surface area (Å²) in [6, 6.07) is 0. The monoisotopic (exact) mass is 380 g/mol. The fraction of sp³-hybridized carbons (Fsp3) is 1.00. The number of ether oxygens (including phenoxy) is 1. The minimum absolute atomic E-state index is 0.547. The molecule has 0 aromatic carbocycles. The molecule has 0 saturated carbocycles. The van der Waals surface area contributed by atoms with Crippen molar-refractivity contribution in [3.8, 4) is 0 Å². The van der Waals surface area contributed by atoms with Gasteiger partial charge >= 0.3 is 30.0 Å². The molecular weight excluding hydrogens is 362 g/mol. The second-order valence-corrected chi connectivity index (χ2v) is 6.21. The highest BCUT2D eigenvalue weighted by Crippen LogP contribution is 2.54. The van der Waals surface area contributed by atoms with Gasteiger partial charge in [0.2, 0.25) is 0 Å². The van der Waals surface area contributed by atoms with Gasteiger partial charge in [-0.25, -0.2) is 0 Å². The van der Waals surface area contributed by atoms with E-state index in [9.17, 15) is 43.9 Å². The molecule has 0 saturated heterocycles. The number of rotatable bonds is 8. The third-order valence-electron chi connectivity index (χ3n) is 2.99. The first kappa shape index (κ1) is 23.3. The molecule has 0 amide bonds. The van der Waals surface area contributed by atoms with Crippen LogP contribution in [0, 0.1) is 11.8 Å². The van der Waals surface area contributed by atoms with Crippen molar-refractivity contribution in [1.82, 2.24) is 0 Å². The van der Waals surface area contributed by atoms with Crippen molar-refractivity contribution in [1.29, 1.82) is 0 Å². The van der Waals surface area contributed by atoms with Crippen molar-refractivity contribution in [2.75, 3.05) is 0 Å². The number of hydrogen-bond donors (Lipinski definition) is 0. The molecule has 0 aliphatic heterocycles. The average Bonchev–Trinajstić information content (AvgIpc) is 2.21. The third-order valence-corrected chi connectivity index (χ3v) is 2.99. The molecule has 24 heavy (non-hydrogen) atoms. The third kappa shape index (κ3) is 5.38. The Bertz CT molecular complexity index is 415. The zero-order chi connectivity index (χ0) is 19.8. The Hall–Kier alpha value is -0.740. The minimum atomic E-state index is -5.65. The summed E-state index contributed by atoms with van der Waals surface area (Å²) in [5.41, 5.74) is 0. The molecule has 1 atom stereocenters. The Kier molecular flexibility index (Phi) is 6.66. The Balaban J connectivity index is 6.00. The fourth-order valence-corrected chi connectivity index (χ4v) is 1.88. The van der Waals surface area contributed by atoms with E-state index in [-0.39, 0.29) is 0 Å². The lowest BCUT2D eigenvalue weighted by molar-refractivity contribution is -0.451.